The fourth-order valence-corrected chi connectivity index (χ4v) is 1.87. The number of hydrogen-bond acceptors (Lipinski definition) is 2. The molecule has 1 heterocycles. The average molecular weight is 200 g/mol. The Morgan fingerprint density at radius 1 is 1.60 bits per heavy atom. The number of nitriles is 1. The van der Waals surface area contributed by atoms with Crippen LogP contribution in [0.15, 0.2) is 18.2 Å². The van der Waals surface area contributed by atoms with Crippen molar-refractivity contribution in [2.45, 2.75) is 25.7 Å². The van der Waals surface area contributed by atoms with E-state index in [0.29, 0.717) is 6.42 Å². The molecule has 0 aliphatic carbocycles. The summed E-state index contributed by atoms with van der Waals surface area (Å²) in [6.45, 7) is 1.99. The number of carbonyl (C=O) groups excluding carboxylic acids is 1. The lowest BCUT2D eigenvalue weighted by Gasteiger charge is -2.07. The molecule has 1 aliphatic rings. The second kappa shape index (κ2) is 3.74. The van der Waals surface area contributed by atoms with E-state index in [9.17, 15) is 4.79 Å². The molecule has 0 saturated carbocycles. The molecule has 0 spiro atoms. The molecule has 15 heavy (non-hydrogen) atoms. The maximum Gasteiger partial charge on any atom is 0.228 e. The van der Waals surface area contributed by atoms with Gasteiger partial charge in [-0.15, -0.1) is 0 Å². The van der Waals surface area contributed by atoms with Crippen LogP contribution in [0.25, 0.3) is 0 Å². The van der Waals surface area contributed by atoms with Gasteiger partial charge in [-0.3, -0.25) is 4.79 Å². The first-order valence-corrected chi connectivity index (χ1v) is 5.07. The Hall–Kier alpha value is -1.82. The van der Waals surface area contributed by atoms with Crippen LogP contribution in [-0.2, 0) is 11.2 Å². The highest BCUT2D eigenvalue weighted by molar-refractivity contribution is 5.99. The van der Waals surface area contributed by atoms with Crippen LogP contribution in [0.1, 0.15) is 30.4 Å². The number of benzene rings is 1. The van der Waals surface area contributed by atoms with Crippen molar-refractivity contribution in [2.75, 3.05) is 5.32 Å². The molecule has 1 N–H and O–H groups in total. The SMILES string of the molecule is CCC(C#N)c1ccc2c(c1)CC(=O)N2. The van der Waals surface area contributed by atoms with Gasteiger partial charge in [-0.1, -0.05) is 19.1 Å². The summed E-state index contributed by atoms with van der Waals surface area (Å²) in [6, 6.07) is 8.03. The van der Waals surface area contributed by atoms with E-state index in [1.807, 2.05) is 25.1 Å². The number of anilines is 1. The second-order valence-corrected chi connectivity index (χ2v) is 3.73. The fraction of sp³-hybridized carbons (Fsp3) is 0.333. The molecule has 1 aliphatic heterocycles. The molecule has 1 amide bonds. The highest BCUT2D eigenvalue weighted by Crippen LogP contribution is 2.28. The Kier molecular flexibility index (Phi) is 2.42. The van der Waals surface area contributed by atoms with Crippen molar-refractivity contribution in [1.29, 1.82) is 5.26 Å². The monoisotopic (exact) mass is 200 g/mol. The van der Waals surface area contributed by atoms with E-state index in [4.69, 9.17) is 5.26 Å². The molecule has 0 aromatic heterocycles. The van der Waals surface area contributed by atoms with Gasteiger partial charge >= 0.3 is 0 Å². The van der Waals surface area contributed by atoms with Gasteiger partial charge in [-0.25, -0.2) is 0 Å². The maximum absolute atomic E-state index is 11.1. The molecule has 0 bridgehead atoms. The van der Waals surface area contributed by atoms with Gasteiger partial charge in [0.2, 0.25) is 5.91 Å². The zero-order valence-electron chi connectivity index (χ0n) is 8.58. The Morgan fingerprint density at radius 2 is 2.40 bits per heavy atom. The number of fused-ring (bicyclic) bond motifs is 1. The molecule has 3 nitrogen and oxygen atoms in total. The Bertz CT molecular complexity index is 445. The van der Waals surface area contributed by atoms with Crippen LogP contribution < -0.4 is 5.32 Å². The summed E-state index contributed by atoms with van der Waals surface area (Å²) in [5.41, 5.74) is 2.90. The van der Waals surface area contributed by atoms with Crippen LogP contribution in [0.5, 0.6) is 0 Å². The van der Waals surface area contributed by atoms with Crippen LogP contribution in [0.3, 0.4) is 0 Å². The maximum atomic E-state index is 11.1. The van der Waals surface area contributed by atoms with E-state index in [2.05, 4.69) is 11.4 Å². The normalized spacial score (nSPS) is 15.3. The summed E-state index contributed by atoms with van der Waals surface area (Å²) < 4.78 is 0. The van der Waals surface area contributed by atoms with Crippen molar-refractivity contribution in [1.82, 2.24) is 0 Å². The summed E-state index contributed by atoms with van der Waals surface area (Å²) in [6.07, 6.45) is 1.24. The number of nitrogens with one attached hydrogen (secondary N) is 1. The standard InChI is InChI=1S/C12H12N2O/c1-2-8(7-13)9-3-4-11-10(5-9)6-12(15)14-11/h3-5,8H,2,6H2,1H3,(H,14,15). The topological polar surface area (TPSA) is 52.9 Å². The van der Waals surface area contributed by atoms with Crippen molar-refractivity contribution in [2.24, 2.45) is 0 Å². The first kappa shape index (κ1) is 9.72. The quantitative estimate of drug-likeness (QED) is 0.795. The Balaban J connectivity index is 2.35. The molecule has 2 rings (SSSR count). The van der Waals surface area contributed by atoms with Gasteiger partial charge in [0.15, 0.2) is 0 Å². The van der Waals surface area contributed by atoms with E-state index >= 15 is 0 Å². The molecule has 0 radical (unpaired) electrons. The summed E-state index contributed by atoms with van der Waals surface area (Å²) in [5.74, 6) is -0.0295. The highest BCUT2D eigenvalue weighted by Gasteiger charge is 2.19. The van der Waals surface area contributed by atoms with Crippen molar-refractivity contribution in [3.05, 3.63) is 29.3 Å². The second-order valence-electron chi connectivity index (χ2n) is 3.73. The van der Waals surface area contributed by atoms with Crippen molar-refractivity contribution in [3.63, 3.8) is 0 Å². The molecular formula is C12H12N2O. The minimum absolute atomic E-state index is 0.0344. The summed E-state index contributed by atoms with van der Waals surface area (Å²) in [7, 11) is 0. The number of amides is 1. The summed E-state index contributed by atoms with van der Waals surface area (Å²) in [4.78, 5) is 11.1. The number of nitrogens with zero attached hydrogens (tertiary/aromatic N) is 1. The molecule has 0 saturated heterocycles. The molecule has 0 fully saturated rings. The molecule has 76 valence electrons. The van der Waals surface area contributed by atoms with Crippen LogP contribution in [0.2, 0.25) is 0 Å². The zero-order valence-corrected chi connectivity index (χ0v) is 8.58. The largest absolute Gasteiger partial charge is 0.326 e. The highest BCUT2D eigenvalue weighted by atomic mass is 16.1. The molecular weight excluding hydrogens is 188 g/mol. The minimum atomic E-state index is -0.0639. The van der Waals surface area contributed by atoms with Gasteiger partial charge in [-0.2, -0.15) is 5.26 Å². The van der Waals surface area contributed by atoms with E-state index < -0.39 is 0 Å². The molecule has 1 aromatic carbocycles. The van der Waals surface area contributed by atoms with Gasteiger partial charge in [0.25, 0.3) is 0 Å². The van der Waals surface area contributed by atoms with E-state index in [1.165, 1.54) is 0 Å². The first-order valence-electron chi connectivity index (χ1n) is 5.07. The van der Waals surface area contributed by atoms with Crippen molar-refractivity contribution >= 4 is 11.6 Å². The zero-order chi connectivity index (χ0) is 10.8. The van der Waals surface area contributed by atoms with Gasteiger partial charge in [0.1, 0.15) is 0 Å². The van der Waals surface area contributed by atoms with Gasteiger partial charge in [0, 0.05) is 5.69 Å². The van der Waals surface area contributed by atoms with Crippen LogP contribution in [0.4, 0.5) is 5.69 Å². The first-order chi connectivity index (χ1) is 7.24. The third-order valence-electron chi connectivity index (χ3n) is 2.72. The lowest BCUT2D eigenvalue weighted by atomic mass is 9.95. The minimum Gasteiger partial charge on any atom is -0.326 e. The fourth-order valence-electron chi connectivity index (χ4n) is 1.87. The Morgan fingerprint density at radius 3 is 3.07 bits per heavy atom. The smallest absolute Gasteiger partial charge is 0.228 e. The molecule has 1 aromatic rings. The van der Waals surface area contributed by atoms with Gasteiger partial charge < -0.3 is 5.32 Å². The number of rotatable bonds is 2. The molecule has 1 atom stereocenters. The Labute approximate surface area is 88.7 Å². The summed E-state index contributed by atoms with van der Waals surface area (Å²) in [5, 5.41) is 11.7. The van der Waals surface area contributed by atoms with Crippen molar-refractivity contribution < 1.29 is 4.79 Å². The van der Waals surface area contributed by atoms with E-state index in [0.717, 1.165) is 23.2 Å². The molecule has 1 unspecified atom stereocenters. The predicted molar refractivity (Wildman–Crippen MR) is 57.4 cm³/mol. The lowest BCUT2D eigenvalue weighted by molar-refractivity contribution is -0.115. The van der Waals surface area contributed by atoms with Crippen molar-refractivity contribution in [3.8, 4) is 6.07 Å². The van der Waals surface area contributed by atoms with Gasteiger partial charge in [-0.05, 0) is 23.6 Å². The number of carbonyl (C=O) groups is 1. The predicted octanol–water partition coefficient (Wildman–Crippen LogP) is 2.20. The van der Waals surface area contributed by atoms with Gasteiger partial charge in [0.05, 0.1) is 18.4 Å². The van der Waals surface area contributed by atoms with E-state index in [-0.39, 0.29) is 11.8 Å². The van der Waals surface area contributed by atoms with Crippen LogP contribution in [0, 0.1) is 11.3 Å². The lowest BCUT2D eigenvalue weighted by Crippen LogP contribution is -2.03. The van der Waals surface area contributed by atoms with Crippen LogP contribution >= 0.6 is 0 Å². The third kappa shape index (κ3) is 1.71. The molecule has 3 heteroatoms. The average Bonchev–Trinajstić information content (AvgIpc) is 2.59. The van der Waals surface area contributed by atoms with Crippen LogP contribution in [-0.4, -0.2) is 5.91 Å². The number of hydrogen-bond donors (Lipinski definition) is 1. The van der Waals surface area contributed by atoms with E-state index in [1.54, 1.807) is 0 Å². The third-order valence-corrected chi connectivity index (χ3v) is 2.72. The summed E-state index contributed by atoms with van der Waals surface area (Å²) >= 11 is 0.